The van der Waals surface area contributed by atoms with E-state index in [-0.39, 0.29) is 13.2 Å². The van der Waals surface area contributed by atoms with Gasteiger partial charge >= 0.3 is 12.2 Å². The van der Waals surface area contributed by atoms with E-state index in [0.717, 1.165) is 10.8 Å². The summed E-state index contributed by atoms with van der Waals surface area (Å²) in [5.74, 6) is -0.882. The van der Waals surface area contributed by atoms with Crippen LogP contribution in [-0.2, 0) is 22.3 Å². The number of cyclic esters (lactones) is 2. The Morgan fingerprint density at radius 3 is 1.53 bits per heavy atom. The highest BCUT2D eigenvalue weighted by Crippen LogP contribution is 2.25. The van der Waals surface area contributed by atoms with Gasteiger partial charge in [0.15, 0.2) is 0 Å². The van der Waals surface area contributed by atoms with Gasteiger partial charge in [0.2, 0.25) is 0 Å². The van der Waals surface area contributed by atoms with Gasteiger partial charge < -0.3 is 9.47 Å². The van der Waals surface area contributed by atoms with E-state index in [2.05, 4.69) is 0 Å². The number of hydrogen-bond donors (Lipinski definition) is 0. The number of rotatable bonds is 0. The maximum absolute atomic E-state index is 13.8. The second kappa shape index (κ2) is 8.11. The first kappa shape index (κ1) is 20.2. The van der Waals surface area contributed by atoms with Crippen LogP contribution in [0.15, 0.2) is 48.5 Å². The van der Waals surface area contributed by atoms with Gasteiger partial charge in [0.05, 0.1) is 24.2 Å². The number of hydrogen-bond acceptors (Lipinski definition) is 4. The molecule has 0 spiro atoms. The van der Waals surface area contributed by atoms with Crippen molar-refractivity contribution in [1.82, 2.24) is 9.13 Å². The van der Waals surface area contributed by atoms with Crippen LogP contribution in [0.1, 0.15) is 24.2 Å². The van der Waals surface area contributed by atoms with Crippen LogP contribution in [0.3, 0.4) is 0 Å². The topological polar surface area (TPSA) is 62.5 Å². The molecule has 0 unspecified atom stereocenters. The van der Waals surface area contributed by atoms with Crippen LogP contribution in [0, 0.1) is 11.6 Å². The van der Waals surface area contributed by atoms with E-state index in [1.807, 2.05) is 12.1 Å². The van der Waals surface area contributed by atoms with Crippen LogP contribution in [0.25, 0.3) is 21.8 Å². The lowest BCUT2D eigenvalue weighted by atomic mass is 10.2. The van der Waals surface area contributed by atoms with Gasteiger partial charge in [-0.1, -0.05) is 0 Å². The van der Waals surface area contributed by atoms with Crippen molar-refractivity contribution >= 4 is 34.0 Å². The molecule has 8 heteroatoms. The molecule has 0 saturated carbocycles. The molecule has 0 radical (unpaired) electrons. The first-order valence-electron chi connectivity index (χ1n) is 10.5. The molecule has 0 aliphatic carbocycles. The van der Waals surface area contributed by atoms with Crippen LogP contribution in [-0.4, -0.2) is 34.5 Å². The molecule has 1 aliphatic rings. The second-order valence-corrected chi connectivity index (χ2v) is 7.78. The largest absolute Gasteiger partial charge is 0.449 e. The third-order valence-corrected chi connectivity index (χ3v) is 5.66. The average Bonchev–Trinajstić information content (AvgIpc) is 3.30. The number of aromatic nitrogens is 2. The van der Waals surface area contributed by atoms with Gasteiger partial charge in [-0.2, -0.15) is 0 Å². The highest BCUT2D eigenvalue weighted by Gasteiger charge is 2.20. The zero-order valence-corrected chi connectivity index (χ0v) is 17.1. The highest BCUT2D eigenvalue weighted by atomic mass is 19.1. The summed E-state index contributed by atoms with van der Waals surface area (Å²) in [4.78, 5) is 25.6. The molecule has 6 nitrogen and oxygen atoms in total. The summed E-state index contributed by atoms with van der Waals surface area (Å²) in [5, 5.41) is 1.45. The Balaban J connectivity index is 1.47. The zero-order chi connectivity index (χ0) is 22.2. The molecule has 3 heterocycles. The normalized spacial score (nSPS) is 15.7. The molecule has 0 amide bonds. The number of carbonyl (C=O) groups excluding carboxylic acids is 2. The predicted molar refractivity (Wildman–Crippen MR) is 114 cm³/mol. The summed E-state index contributed by atoms with van der Waals surface area (Å²) in [6, 6.07) is 12.1. The number of aryl methyl sites for hydroxylation is 2. The molecule has 32 heavy (non-hydrogen) atoms. The van der Waals surface area contributed by atoms with Crippen molar-refractivity contribution in [2.24, 2.45) is 0 Å². The molecule has 0 fully saturated rings. The summed E-state index contributed by atoms with van der Waals surface area (Å²) < 4.78 is 41.3. The molecule has 4 aromatic rings. The highest BCUT2D eigenvalue weighted by molar-refractivity contribution is 5.92. The number of halogens is 2. The molecular weight excluding hydrogens is 418 g/mol. The van der Waals surface area contributed by atoms with E-state index in [1.165, 1.54) is 33.4 Å². The first-order chi connectivity index (χ1) is 15.5. The number of benzene rings is 2. The summed E-state index contributed by atoms with van der Waals surface area (Å²) in [5.41, 5.74) is 2.18. The van der Waals surface area contributed by atoms with Crippen LogP contribution in [0.5, 0.6) is 0 Å². The number of fused-ring (bicyclic) bond motifs is 6. The van der Waals surface area contributed by atoms with Crippen molar-refractivity contribution < 1.29 is 27.8 Å². The van der Waals surface area contributed by atoms with Gasteiger partial charge in [0, 0.05) is 22.2 Å². The second-order valence-electron chi connectivity index (χ2n) is 7.78. The molecule has 164 valence electrons. The van der Waals surface area contributed by atoms with Crippen molar-refractivity contribution in [3.8, 4) is 0 Å². The predicted octanol–water partition coefficient (Wildman–Crippen LogP) is 5.42. The average molecular weight is 438 g/mol. The lowest BCUT2D eigenvalue weighted by Crippen LogP contribution is -2.20. The number of nitrogens with zero attached hydrogens (tertiary/aromatic N) is 2. The Morgan fingerprint density at radius 2 is 1.09 bits per heavy atom. The minimum absolute atomic E-state index is 0.109. The molecule has 2 aromatic heterocycles. The summed E-state index contributed by atoms with van der Waals surface area (Å²) in [7, 11) is 0. The van der Waals surface area contributed by atoms with Crippen LogP contribution < -0.4 is 0 Å². The van der Waals surface area contributed by atoms with Gasteiger partial charge in [0.25, 0.3) is 0 Å². The minimum atomic E-state index is -0.572. The zero-order valence-electron chi connectivity index (χ0n) is 17.1. The summed E-state index contributed by atoms with van der Waals surface area (Å²) in [6.07, 6.45) is 0.593. The van der Waals surface area contributed by atoms with E-state index >= 15 is 0 Å². The van der Waals surface area contributed by atoms with Crippen LogP contribution in [0.4, 0.5) is 18.4 Å². The molecule has 0 atom stereocenters. The Kier molecular flexibility index (Phi) is 5.13. The van der Waals surface area contributed by atoms with E-state index in [1.54, 1.807) is 12.1 Å². The quantitative estimate of drug-likeness (QED) is 0.368. The molecule has 0 bridgehead atoms. The van der Waals surface area contributed by atoms with Crippen molar-refractivity contribution in [3.05, 3.63) is 71.6 Å². The third kappa shape index (κ3) is 3.62. The smallest absolute Gasteiger partial charge is 0.418 e. The molecular formula is C24H20F2N2O4. The molecule has 2 aromatic carbocycles. The molecule has 0 N–H and O–H groups in total. The molecule has 5 rings (SSSR count). The van der Waals surface area contributed by atoms with Gasteiger partial charge in [-0.15, -0.1) is 0 Å². The third-order valence-electron chi connectivity index (χ3n) is 5.66. The Morgan fingerprint density at radius 1 is 0.656 bits per heavy atom. The van der Waals surface area contributed by atoms with Gasteiger partial charge in [-0.3, -0.25) is 0 Å². The Hall–Kier alpha value is -3.68. The fourth-order valence-corrected chi connectivity index (χ4v) is 4.22. The molecule has 0 saturated heterocycles. The monoisotopic (exact) mass is 438 g/mol. The van der Waals surface area contributed by atoms with E-state index < -0.39 is 23.8 Å². The maximum atomic E-state index is 13.8. The lowest BCUT2D eigenvalue weighted by molar-refractivity contribution is 0.140. The van der Waals surface area contributed by atoms with Crippen molar-refractivity contribution in [1.29, 1.82) is 0 Å². The fraction of sp³-hybridized carbons (Fsp3) is 0.250. The number of ether oxygens (including phenoxy) is 2. The van der Waals surface area contributed by atoms with Crippen molar-refractivity contribution in [2.75, 3.05) is 13.2 Å². The maximum Gasteiger partial charge on any atom is 0.418 e. The fourth-order valence-electron chi connectivity index (χ4n) is 4.22. The number of carbonyl (C=O) groups is 2. The lowest BCUT2D eigenvalue weighted by Gasteiger charge is -2.14. The summed E-state index contributed by atoms with van der Waals surface area (Å²) in [6.45, 7) is 0.219. The van der Waals surface area contributed by atoms with Crippen LogP contribution >= 0.6 is 0 Å². The van der Waals surface area contributed by atoms with Crippen molar-refractivity contribution in [2.45, 2.75) is 25.7 Å². The summed E-state index contributed by atoms with van der Waals surface area (Å²) >= 11 is 0. The van der Waals surface area contributed by atoms with Gasteiger partial charge in [-0.25, -0.2) is 27.5 Å². The van der Waals surface area contributed by atoms with E-state index in [0.29, 0.717) is 48.1 Å². The van der Waals surface area contributed by atoms with Crippen molar-refractivity contribution in [3.63, 3.8) is 0 Å². The minimum Gasteiger partial charge on any atom is -0.449 e. The van der Waals surface area contributed by atoms with Gasteiger partial charge in [0.1, 0.15) is 11.6 Å². The Labute approximate surface area is 181 Å². The van der Waals surface area contributed by atoms with Gasteiger partial charge in [-0.05, 0) is 74.2 Å². The first-order valence-corrected chi connectivity index (χ1v) is 10.5. The van der Waals surface area contributed by atoms with E-state index in [4.69, 9.17) is 9.47 Å². The Bertz CT molecular complexity index is 1250. The van der Waals surface area contributed by atoms with Crippen LogP contribution in [0.2, 0.25) is 0 Å². The van der Waals surface area contributed by atoms with E-state index in [9.17, 15) is 18.4 Å². The SMILES string of the molecule is O=C1OCCCc2cc3ccc(F)cc3n2C(=O)OCCCc2cc3ccc(F)cc3n21. The molecule has 1 aliphatic heterocycles. The standard InChI is InChI=1S/C24H20F2N2O4/c25-17-7-5-15-11-19-3-1-9-31-23(29)28-20(12-16-6-8-18(26)14-22(16)28)4-2-10-32-24(30)27(19)21(15)13-17/h5-8,11-14H,1-4,9-10H2.